The molecular formula is C23H23FN6O2. The molecule has 1 atom stereocenters. The normalized spacial score (nSPS) is 15.1. The van der Waals surface area contributed by atoms with Crippen LogP contribution in [0.3, 0.4) is 0 Å². The Balaban J connectivity index is 1.45. The van der Waals surface area contributed by atoms with E-state index in [1.165, 1.54) is 18.2 Å². The SMILES string of the molecule is C[C@@H](Nc1ccc2ncc(-c3cc(N4CCOCC4)ccn3)n2n1)c1cc(F)ccc1O. The van der Waals surface area contributed by atoms with Gasteiger partial charge in [-0.1, -0.05) is 0 Å². The van der Waals surface area contributed by atoms with Gasteiger partial charge in [-0.25, -0.2) is 13.9 Å². The van der Waals surface area contributed by atoms with E-state index >= 15 is 0 Å². The Labute approximate surface area is 184 Å². The fourth-order valence-corrected chi connectivity index (χ4v) is 3.87. The Morgan fingerprint density at radius 1 is 1.09 bits per heavy atom. The lowest BCUT2D eigenvalue weighted by atomic mass is 10.1. The van der Waals surface area contributed by atoms with Crippen molar-refractivity contribution < 1.29 is 14.2 Å². The molecule has 1 fully saturated rings. The summed E-state index contributed by atoms with van der Waals surface area (Å²) < 4.78 is 20.8. The lowest BCUT2D eigenvalue weighted by Gasteiger charge is -2.28. The van der Waals surface area contributed by atoms with Gasteiger partial charge < -0.3 is 20.1 Å². The molecule has 0 spiro atoms. The second-order valence-corrected chi connectivity index (χ2v) is 7.70. The van der Waals surface area contributed by atoms with Crippen molar-refractivity contribution >= 4 is 17.2 Å². The fourth-order valence-electron chi connectivity index (χ4n) is 3.87. The Morgan fingerprint density at radius 3 is 2.78 bits per heavy atom. The topological polar surface area (TPSA) is 87.8 Å². The number of ether oxygens (including phenoxy) is 1. The number of rotatable bonds is 5. The van der Waals surface area contributed by atoms with Crippen LogP contribution in [-0.2, 0) is 4.74 Å². The summed E-state index contributed by atoms with van der Waals surface area (Å²) in [6.07, 6.45) is 3.54. The highest BCUT2D eigenvalue weighted by atomic mass is 19.1. The average molecular weight is 434 g/mol. The molecular weight excluding hydrogens is 411 g/mol. The number of morpholine rings is 1. The zero-order valence-electron chi connectivity index (χ0n) is 17.6. The van der Waals surface area contributed by atoms with Gasteiger partial charge in [0.25, 0.3) is 0 Å². The van der Waals surface area contributed by atoms with E-state index in [1.54, 1.807) is 23.0 Å². The quantitative estimate of drug-likeness (QED) is 0.496. The van der Waals surface area contributed by atoms with Crippen molar-refractivity contribution in [1.82, 2.24) is 19.6 Å². The average Bonchev–Trinajstić information content (AvgIpc) is 3.24. The van der Waals surface area contributed by atoms with E-state index in [1.807, 2.05) is 25.1 Å². The van der Waals surface area contributed by atoms with Crippen molar-refractivity contribution in [2.75, 3.05) is 36.5 Å². The van der Waals surface area contributed by atoms with Gasteiger partial charge in [0.15, 0.2) is 5.65 Å². The molecule has 1 saturated heterocycles. The predicted molar refractivity (Wildman–Crippen MR) is 119 cm³/mol. The maximum atomic E-state index is 13.6. The summed E-state index contributed by atoms with van der Waals surface area (Å²) in [6, 6.07) is 11.2. The minimum atomic E-state index is -0.405. The number of nitrogens with zero attached hydrogens (tertiary/aromatic N) is 5. The maximum absolute atomic E-state index is 13.6. The van der Waals surface area contributed by atoms with E-state index in [0.29, 0.717) is 30.2 Å². The first-order chi connectivity index (χ1) is 15.6. The summed E-state index contributed by atoms with van der Waals surface area (Å²) in [7, 11) is 0. The van der Waals surface area contributed by atoms with Crippen LogP contribution in [0.15, 0.2) is 54.9 Å². The molecule has 1 aliphatic rings. The molecule has 0 amide bonds. The molecule has 0 radical (unpaired) electrons. The molecule has 4 heterocycles. The fraction of sp³-hybridized carbons (Fsp3) is 0.261. The molecule has 2 N–H and O–H groups in total. The van der Waals surface area contributed by atoms with Crippen molar-refractivity contribution in [3.63, 3.8) is 0 Å². The smallest absolute Gasteiger partial charge is 0.154 e. The van der Waals surface area contributed by atoms with Crippen molar-refractivity contribution in [2.45, 2.75) is 13.0 Å². The zero-order chi connectivity index (χ0) is 22.1. The van der Waals surface area contributed by atoms with E-state index < -0.39 is 5.82 Å². The largest absolute Gasteiger partial charge is 0.508 e. The van der Waals surface area contributed by atoms with Crippen LogP contribution in [0.5, 0.6) is 5.75 Å². The predicted octanol–water partition coefficient (Wildman–Crippen LogP) is 3.65. The van der Waals surface area contributed by atoms with Crippen molar-refractivity contribution in [2.24, 2.45) is 0 Å². The third kappa shape index (κ3) is 3.94. The second-order valence-electron chi connectivity index (χ2n) is 7.70. The van der Waals surface area contributed by atoms with Crippen molar-refractivity contribution in [3.05, 3.63) is 66.2 Å². The summed E-state index contributed by atoms with van der Waals surface area (Å²) >= 11 is 0. The van der Waals surface area contributed by atoms with Crippen molar-refractivity contribution in [3.8, 4) is 17.1 Å². The second kappa shape index (κ2) is 8.43. The molecule has 164 valence electrons. The Morgan fingerprint density at radius 2 is 1.94 bits per heavy atom. The van der Waals surface area contributed by atoms with Gasteiger partial charge in [0.1, 0.15) is 23.1 Å². The summed E-state index contributed by atoms with van der Waals surface area (Å²) in [5, 5.41) is 18.0. The zero-order valence-corrected chi connectivity index (χ0v) is 17.6. The van der Waals surface area contributed by atoms with Crippen LogP contribution in [0.25, 0.3) is 17.0 Å². The first-order valence-corrected chi connectivity index (χ1v) is 10.5. The molecule has 5 rings (SSSR count). The number of phenols is 1. The highest BCUT2D eigenvalue weighted by Crippen LogP contribution is 2.28. The van der Waals surface area contributed by atoms with Crippen LogP contribution < -0.4 is 10.2 Å². The minimum Gasteiger partial charge on any atom is -0.508 e. The first kappa shape index (κ1) is 20.2. The summed E-state index contributed by atoms with van der Waals surface area (Å²) in [5.41, 5.74) is 3.75. The number of fused-ring (bicyclic) bond motifs is 1. The summed E-state index contributed by atoms with van der Waals surface area (Å²) in [6.45, 7) is 4.94. The van der Waals surface area contributed by atoms with E-state index in [9.17, 15) is 9.50 Å². The van der Waals surface area contributed by atoms with Crippen molar-refractivity contribution in [1.29, 1.82) is 0 Å². The number of anilines is 2. The molecule has 0 saturated carbocycles. The van der Waals surface area contributed by atoms with Gasteiger partial charge in [0, 0.05) is 30.5 Å². The van der Waals surface area contributed by atoms with E-state index in [2.05, 4.69) is 25.3 Å². The standard InChI is InChI=1S/C23H23FN6O2/c1-15(18-12-16(24)2-3-21(18)31)27-22-4-5-23-26-14-20(30(23)28-22)19-13-17(6-7-25-19)29-8-10-32-11-9-29/h2-7,12-15,31H,8-11H2,1H3,(H,27,28)/t15-/m1/s1. The Kier molecular flexibility index (Phi) is 5.32. The van der Waals surface area contributed by atoms with Gasteiger partial charge in [0.05, 0.1) is 31.1 Å². The number of hydrogen-bond donors (Lipinski definition) is 2. The molecule has 4 aromatic rings. The molecule has 0 unspecified atom stereocenters. The minimum absolute atomic E-state index is 0.0277. The van der Waals surface area contributed by atoms with Gasteiger partial charge in [-0.15, -0.1) is 5.10 Å². The number of hydrogen-bond acceptors (Lipinski definition) is 7. The summed E-state index contributed by atoms with van der Waals surface area (Å²) in [4.78, 5) is 11.3. The van der Waals surface area contributed by atoms with Gasteiger partial charge in [-0.05, 0) is 49.4 Å². The van der Waals surface area contributed by atoms with Crippen LogP contribution in [0.4, 0.5) is 15.9 Å². The van der Waals surface area contributed by atoms with Gasteiger partial charge in [-0.2, -0.15) is 0 Å². The number of aromatic nitrogens is 4. The molecule has 1 aliphatic heterocycles. The van der Waals surface area contributed by atoms with E-state index in [0.717, 1.165) is 30.2 Å². The van der Waals surface area contributed by atoms with Gasteiger partial charge >= 0.3 is 0 Å². The van der Waals surface area contributed by atoms with Crippen LogP contribution in [0, 0.1) is 5.82 Å². The monoisotopic (exact) mass is 434 g/mol. The third-order valence-corrected chi connectivity index (χ3v) is 5.56. The number of benzene rings is 1. The van der Waals surface area contributed by atoms with Crippen LogP contribution in [0.2, 0.25) is 0 Å². The molecule has 1 aromatic carbocycles. The van der Waals surface area contributed by atoms with E-state index in [-0.39, 0.29) is 11.8 Å². The molecule has 9 heteroatoms. The Bertz CT molecular complexity index is 1250. The first-order valence-electron chi connectivity index (χ1n) is 10.5. The van der Waals surface area contributed by atoms with Gasteiger partial charge in [-0.3, -0.25) is 4.98 Å². The molecule has 8 nitrogen and oxygen atoms in total. The number of nitrogens with one attached hydrogen (secondary N) is 1. The number of halogens is 1. The third-order valence-electron chi connectivity index (χ3n) is 5.56. The number of imidazole rings is 1. The number of aromatic hydroxyl groups is 1. The van der Waals surface area contributed by atoms with Crippen LogP contribution in [0.1, 0.15) is 18.5 Å². The highest BCUT2D eigenvalue weighted by molar-refractivity contribution is 5.65. The molecule has 0 bridgehead atoms. The van der Waals surface area contributed by atoms with Crippen LogP contribution in [-0.4, -0.2) is 51.0 Å². The summed E-state index contributed by atoms with van der Waals surface area (Å²) in [5.74, 6) is 0.190. The highest BCUT2D eigenvalue weighted by Gasteiger charge is 2.16. The maximum Gasteiger partial charge on any atom is 0.154 e. The van der Waals surface area contributed by atoms with Crippen LogP contribution >= 0.6 is 0 Å². The Hall–Kier alpha value is -3.72. The lowest BCUT2D eigenvalue weighted by molar-refractivity contribution is 0.122. The molecule has 3 aromatic heterocycles. The molecule has 32 heavy (non-hydrogen) atoms. The number of phenolic OH excluding ortho intramolecular Hbond substituents is 1. The number of pyridine rings is 1. The van der Waals surface area contributed by atoms with E-state index in [4.69, 9.17) is 4.74 Å². The lowest BCUT2D eigenvalue weighted by Crippen LogP contribution is -2.36. The van der Waals surface area contributed by atoms with Gasteiger partial charge in [0.2, 0.25) is 0 Å². The molecule has 0 aliphatic carbocycles.